The van der Waals surface area contributed by atoms with E-state index >= 15 is 0 Å². The van der Waals surface area contributed by atoms with Crippen LogP contribution in [0.5, 0.6) is 0 Å². The van der Waals surface area contributed by atoms with Crippen molar-refractivity contribution in [2.45, 2.75) is 24.3 Å². The van der Waals surface area contributed by atoms with E-state index in [1.807, 2.05) is 25.2 Å². The summed E-state index contributed by atoms with van der Waals surface area (Å²) in [5.41, 5.74) is 3.44. The third kappa shape index (κ3) is 3.80. The monoisotopic (exact) mass is 374 g/mol. The number of rotatable bonds is 6. The lowest BCUT2D eigenvalue weighted by Gasteiger charge is -2.16. The van der Waals surface area contributed by atoms with Crippen LogP contribution in [0.3, 0.4) is 0 Å². The Morgan fingerprint density at radius 1 is 1.23 bits per heavy atom. The molecule has 0 fully saturated rings. The standard InChI is InChI=1S/C19H22N2O4S/c1-13(22)14-3-6-17(7-4-14)26(24,25)20-12-19(23)16-5-8-18-15(11-16)9-10-21(18)2/h3-8,11,19-20,23H,9-10,12H2,1-2H3. The molecule has 138 valence electrons. The molecule has 2 aromatic rings. The molecule has 3 rings (SSSR count). The first kappa shape index (κ1) is 18.6. The van der Waals surface area contributed by atoms with Crippen LogP contribution in [0.2, 0.25) is 0 Å². The number of hydrogen-bond acceptors (Lipinski definition) is 5. The lowest BCUT2D eigenvalue weighted by molar-refractivity contribution is 0.101. The summed E-state index contributed by atoms with van der Waals surface area (Å²) in [5.74, 6) is -0.125. The second-order valence-corrected chi connectivity index (χ2v) is 8.27. The van der Waals surface area contributed by atoms with E-state index in [9.17, 15) is 18.3 Å². The molecule has 0 saturated carbocycles. The van der Waals surface area contributed by atoms with Crippen LogP contribution >= 0.6 is 0 Å². The maximum absolute atomic E-state index is 12.4. The lowest BCUT2D eigenvalue weighted by Crippen LogP contribution is -2.28. The predicted molar refractivity (Wildman–Crippen MR) is 100 cm³/mol. The number of likely N-dealkylation sites (N-methyl/N-ethyl adjacent to an activating group) is 1. The average molecular weight is 374 g/mol. The summed E-state index contributed by atoms with van der Waals surface area (Å²) in [6, 6.07) is 11.4. The first-order valence-electron chi connectivity index (χ1n) is 8.40. The Bertz CT molecular complexity index is 923. The van der Waals surface area contributed by atoms with Crippen molar-refractivity contribution in [2.75, 3.05) is 25.0 Å². The number of nitrogens with zero attached hydrogens (tertiary/aromatic N) is 1. The van der Waals surface area contributed by atoms with Gasteiger partial charge in [0.15, 0.2) is 5.78 Å². The predicted octanol–water partition coefficient (Wildman–Crippen LogP) is 1.89. The molecular formula is C19H22N2O4S. The zero-order chi connectivity index (χ0) is 18.9. The molecule has 0 saturated heterocycles. The van der Waals surface area contributed by atoms with Crippen molar-refractivity contribution < 1.29 is 18.3 Å². The zero-order valence-corrected chi connectivity index (χ0v) is 15.6. The van der Waals surface area contributed by atoms with E-state index in [1.165, 1.54) is 31.2 Å². The van der Waals surface area contributed by atoms with Gasteiger partial charge in [0.1, 0.15) is 0 Å². The van der Waals surface area contributed by atoms with Crippen molar-refractivity contribution in [2.24, 2.45) is 0 Å². The molecule has 1 aliphatic heterocycles. The van der Waals surface area contributed by atoms with Gasteiger partial charge in [-0.25, -0.2) is 13.1 Å². The number of aliphatic hydroxyl groups is 1. The largest absolute Gasteiger partial charge is 0.387 e. The molecule has 26 heavy (non-hydrogen) atoms. The number of carbonyl (C=O) groups is 1. The maximum atomic E-state index is 12.4. The molecule has 0 amide bonds. The first-order valence-corrected chi connectivity index (χ1v) is 9.89. The maximum Gasteiger partial charge on any atom is 0.240 e. The van der Waals surface area contributed by atoms with Gasteiger partial charge in [-0.15, -0.1) is 0 Å². The van der Waals surface area contributed by atoms with Gasteiger partial charge in [0, 0.05) is 31.4 Å². The molecule has 1 unspecified atom stereocenters. The fourth-order valence-corrected chi connectivity index (χ4v) is 4.09. The van der Waals surface area contributed by atoms with E-state index < -0.39 is 16.1 Å². The minimum atomic E-state index is -3.76. The third-order valence-corrected chi connectivity index (χ3v) is 6.09. The second kappa shape index (κ2) is 7.19. The minimum absolute atomic E-state index is 0.0604. The molecule has 2 aromatic carbocycles. The highest BCUT2D eigenvalue weighted by Gasteiger charge is 2.20. The quantitative estimate of drug-likeness (QED) is 0.754. The van der Waals surface area contributed by atoms with E-state index in [0.29, 0.717) is 11.1 Å². The fourth-order valence-electron chi connectivity index (χ4n) is 3.05. The van der Waals surface area contributed by atoms with E-state index in [2.05, 4.69) is 9.62 Å². The number of sulfonamides is 1. The van der Waals surface area contributed by atoms with Crippen LogP contribution in [0, 0.1) is 0 Å². The van der Waals surface area contributed by atoms with Gasteiger partial charge in [-0.05, 0) is 42.7 Å². The summed E-state index contributed by atoms with van der Waals surface area (Å²) in [4.78, 5) is 13.5. The highest BCUT2D eigenvalue weighted by atomic mass is 32.2. The molecule has 1 heterocycles. The topological polar surface area (TPSA) is 86.7 Å². The molecule has 0 radical (unpaired) electrons. The molecule has 0 aliphatic carbocycles. The SMILES string of the molecule is CC(=O)c1ccc(S(=O)(=O)NCC(O)c2ccc3c(c2)CCN3C)cc1. The van der Waals surface area contributed by atoms with Crippen LogP contribution in [0.1, 0.15) is 34.5 Å². The van der Waals surface area contributed by atoms with Crippen LogP contribution in [0.25, 0.3) is 0 Å². The number of aliphatic hydroxyl groups excluding tert-OH is 1. The van der Waals surface area contributed by atoms with Gasteiger partial charge >= 0.3 is 0 Å². The smallest absolute Gasteiger partial charge is 0.240 e. The van der Waals surface area contributed by atoms with Crippen LogP contribution in [-0.2, 0) is 16.4 Å². The second-order valence-electron chi connectivity index (χ2n) is 6.51. The molecule has 1 atom stereocenters. The summed E-state index contributed by atoms with van der Waals surface area (Å²) in [7, 11) is -1.73. The Balaban J connectivity index is 1.68. The molecular weight excluding hydrogens is 352 g/mol. The van der Waals surface area contributed by atoms with Crippen molar-refractivity contribution in [1.82, 2.24) is 4.72 Å². The third-order valence-electron chi connectivity index (χ3n) is 4.65. The van der Waals surface area contributed by atoms with Gasteiger partial charge < -0.3 is 10.0 Å². The molecule has 6 nitrogen and oxygen atoms in total. The number of Topliss-reactive ketones (excluding diaryl/α,β-unsaturated/α-hetero) is 1. The Hall–Kier alpha value is -2.22. The van der Waals surface area contributed by atoms with E-state index in [1.54, 1.807) is 0 Å². The highest BCUT2D eigenvalue weighted by Crippen LogP contribution is 2.29. The van der Waals surface area contributed by atoms with Gasteiger partial charge in [-0.1, -0.05) is 24.3 Å². The lowest BCUT2D eigenvalue weighted by atomic mass is 10.0. The zero-order valence-electron chi connectivity index (χ0n) is 14.8. The summed E-state index contributed by atoms with van der Waals surface area (Å²) in [6.07, 6.45) is -0.0156. The van der Waals surface area contributed by atoms with Crippen molar-refractivity contribution in [3.63, 3.8) is 0 Å². The van der Waals surface area contributed by atoms with Gasteiger partial charge in [0.05, 0.1) is 11.0 Å². The Labute approximate surface area is 153 Å². The van der Waals surface area contributed by atoms with E-state index in [-0.39, 0.29) is 17.2 Å². The van der Waals surface area contributed by atoms with E-state index in [4.69, 9.17) is 0 Å². The number of hydrogen-bond donors (Lipinski definition) is 2. The molecule has 1 aliphatic rings. The minimum Gasteiger partial charge on any atom is -0.387 e. The van der Waals surface area contributed by atoms with Crippen molar-refractivity contribution in [3.8, 4) is 0 Å². The Morgan fingerprint density at radius 2 is 1.92 bits per heavy atom. The molecule has 0 aromatic heterocycles. The van der Waals surface area contributed by atoms with Crippen LogP contribution < -0.4 is 9.62 Å². The Morgan fingerprint density at radius 3 is 2.58 bits per heavy atom. The molecule has 0 spiro atoms. The fraction of sp³-hybridized carbons (Fsp3) is 0.316. The number of fused-ring (bicyclic) bond motifs is 1. The number of benzene rings is 2. The van der Waals surface area contributed by atoms with Gasteiger partial charge in [0.2, 0.25) is 10.0 Å². The molecule has 7 heteroatoms. The average Bonchev–Trinajstić information content (AvgIpc) is 3.00. The summed E-state index contributed by atoms with van der Waals surface area (Å²) >= 11 is 0. The van der Waals surface area contributed by atoms with Crippen molar-refractivity contribution in [1.29, 1.82) is 0 Å². The number of nitrogens with one attached hydrogen (secondary N) is 1. The van der Waals surface area contributed by atoms with E-state index in [0.717, 1.165) is 24.2 Å². The van der Waals surface area contributed by atoms with Crippen LogP contribution in [0.4, 0.5) is 5.69 Å². The summed E-state index contributed by atoms with van der Waals surface area (Å²) in [5, 5.41) is 10.4. The van der Waals surface area contributed by atoms with Crippen molar-refractivity contribution >= 4 is 21.5 Å². The number of anilines is 1. The number of carbonyl (C=O) groups excluding carboxylic acids is 1. The first-order chi connectivity index (χ1) is 12.3. The van der Waals surface area contributed by atoms with Gasteiger partial charge in [-0.2, -0.15) is 0 Å². The summed E-state index contributed by atoms with van der Waals surface area (Å²) < 4.78 is 27.2. The molecule has 0 bridgehead atoms. The van der Waals surface area contributed by atoms with Gasteiger partial charge in [0.25, 0.3) is 0 Å². The normalized spacial score (nSPS) is 15.0. The highest BCUT2D eigenvalue weighted by molar-refractivity contribution is 7.89. The molecule has 2 N–H and O–H groups in total. The van der Waals surface area contributed by atoms with Crippen LogP contribution in [-0.4, -0.2) is 39.4 Å². The Kier molecular flexibility index (Phi) is 5.13. The van der Waals surface area contributed by atoms with Crippen molar-refractivity contribution in [3.05, 3.63) is 59.2 Å². The van der Waals surface area contributed by atoms with Gasteiger partial charge in [-0.3, -0.25) is 4.79 Å². The summed E-state index contributed by atoms with van der Waals surface area (Å²) in [6.45, 7) is 2.25. The van der Waals surface area contributed by atoms with Crippen LogP contribution in [0.15, 0.2) is 47.4 Å². The number of ketones is 1.